The van der Waals surface area contributed by atoms with Crippen LogP contribution in [0, 0.1) is 5.82 Å². The minimum absolute atomic E-state index is 0.163. The molecule has 0 spiro atoms. The monoisotopic (exact) mass is 298 g/mol. The van der Waals surface area contributed by atoms with Gasteiger partial charge in [0, 0.05) is 6.20 Å². The van der Waals surface area contributed by atoms with E-state index >= 15 is 0 Å². The summed E-state index contributed by atoms with van der Waals surface area (Å²) in [7, 11) is 1.79. The molecule has 2 aromatic heterocycles. The summed E-state index contributed by atoms with van der Waals surface area (Å²) >= 11 is 0. The van der Waals surface area contributed by atoms with Crippen LogP contribution in [-0.2, 0) is 0 Å². The molecule has 0 aliphatic carbocycles. The highest BCUT2D eigenvalue weighted by molar-refractivity contribution is 5.73. The summed E-state index contributed by atoms with van der Waals surface area (Å²) in [5, 5.41) is 3.50. The molecule has 0 bridgehead atoms. The molecule has 1 unspecified atom stereocenters. The van der Waals surface area contributed by atoms with E-state index in [1.807, 2.05) is 6.92 Å². The van der Waals surface area contributed by atoms with Gasteiger partial charge in [0.15, 0.2) is 5.65 Å². The van der Waals surface area contributed by atoms with E-state index in [2.05, 4.69) is 15.3 Å². The van der Waals surface area contributed by atoms with Gasteiger partial charge in [-0.15, -0.1) is 0 Å². The molecule has 0 aliphatic heterocycles. The van der Waals surface area contributed by atoms with Gasteiger partial charge < -0.3 is 5.32 Å². The fourth-order valence-corrected chi connectivity index (χ4v) is 2.30. The third kappa shape index (κ3) is 2.37. The summed E-state index contributed by atoms with van der Waals surface area (Å²) in [5.74, 6) is 0.181. The number of halogens is 1. The van der Waals surface area contributed by atoms with Gasteiger partial charge in [-0.3, -0.25) is 9.36 Å². The number of pyridine rings is 1. The highest BCUT2D eigenvalue weighted by Gasteiger charge is 2.17. The van der Waals surface area contributed by atoms with Gasteiger partial charge in [0.05, 0.1) is 17.1 Å². The lowest BCUT2D eigenvalue weighted by Gasteiger charge is -2.17. The molecule has 2 heterocycles. The van der Waals surface area contributed by atoms with Crippen LogP contribution in [0.2, 0.25) is 0 Å². The number of fused-ring (bicyclic) bond motifs is 1. The molecule has 5 nitrogen and oxygen atoms in total. The van der Waals surface area contributed by atoms with Gasteiger partial charge in [0.2, 0.25) is 0 Å². The second-order valence-electron chi connectivity index (χ2n) is 4.97. The molecule has 1 N–H and O–H groups in total. The van der Waals surface area contributed by atoms with Crippen LogP contribution >= 0.6 is 0 Å². The maximum Gasteiger partial charge on any atom is 0.267 e. The quantitative estimate of drug-likeness (QED) is 0.805. The molecule has 0 saturated heterocycles. The lowest BCUT2D eigenvalue weighted by Crippen LogP contribution is -2.29. The molecule has 3 aromatic rings. The van der Waals surface area contributed by atoms with Crippen LogP contribution < -0.4 is 10.9 Å². The smallest absolute Gasteiger partial charge is 0.267 e. The normalized spacial score (nSPS) is 12.5. The molecule has 0 aliphatic rings. The van der Waals surface area contributed by atoms with Gasteiger partial charge in [0.25, 0.3) is 5.56 Å². The Morgan fingerprint density at radius 1 is 1.23 bits per heavy atom. The summed E-state index contributed by atoms with van der Waals surface area (Å²) in [6.45, 7) is 1.90. The Bertz CT molecular complexity index is 873. The van der Waals surface area contributed by atoms with Crippen molar-refractivity contribution in [2.45, 2.75) is 13.0 Å². The van der Waals surface area contributed by atoms with Crippen LogP contribution in [0.3, 0.4) is 0 Å². The zero-order valence-electron chi connectivity index (χ0n) is 12.2. The van der Waals surface area contributed by atoms with Crippen LogP contribution in [0.4, 0.5) is 4.39 Å². The van der Waals surface area contributed by atoms with Crippen molar-refractivity contribution in [2.75, 3.05) is 7.05 Å². The highest BCUT2D eigenvalue weighted by atomic mass is 19.1. The molecule has 3 rings (SSSR count). The van der Waals surface area contributed by atoms with Crippen molar-refractivity contribution in [3.05, 3.63) is 64.6 Å². The Morgan fingerprint density at radius 2 is 1.95 bits per heavy atom. The van der Waals surface area contributed by atoms with E-state index < -0.39 is 0 Å². The molecule has 0 amide bonds. The Morgan fingerprint density at radius 3 is 2.64 bits per heavy atom. The standard InChI is InChI=1S/C16H15FN4O/c1-10(18-2)15-20-14-13(4-3-9-19-14)16(22)21(15)12-7-5-11(17)6-8-12/h3-10,18H,1-2H3. The van der Waals surface area contributed by atoms with Crippen LogP contribution in [0.1, 0.15) is 18.8 Å². The minimum Gasteiger partial charge on any atom is -0.311 e. The molecule has 6 heteroatoms. The van der Waals surface area contributed by atoms with E-state index in [1.54, 1.807) is 37.5 Å². The van der Waals surface area contributed by atoms with Gasteiger partial charge >= 0.3 is 0 Å². The van der Waals surface area contributed by atoms with Crippen molar-refractivity contribution in [3.8, 4) is 5.69 Å². The SMILES string of the molecule is CNC(C)c1nc2ncccc2c(=O)n1-c1ccc(F)cc1. The molecule has 112 valence electrons. The van der Waals surface area contributed by atoms with Crippen LogP contribution in [0.15, 0.2) is 47.4 Å². The summed E-state index contributed by atoms with van der Waals surface area (Å²) in [4.78, 5) is 21.5. The van der Waals surface area contributed by atoms with Gasteiger partial charge in [-0.1, -0.05) is 0 Å². The predicted molar refractivity (Wildman–Crippen MR) is 82.6 cm³/mol. The average molecular weight is 298 g/mol. The summed E-state index contributed by atoms with van der Waals surface area (Å²) in [5.41, 5.74) is 0.756. The lowest BCUT2D eigenvalue weighted by atomic mass is 10.2. The van der Waals surface area contributed by atoms with Crippen LogP contribution in [0.25, 0.3) is 16.7 Å². The molecular formula is C16H15FN4O. The number of aromatic nitrogens is 3. The first kappa shape index (κ1) is 14.3. The van der Waals surface area contributed by atoms with Gasteiger partial charge in [0.1, 0.15) is 11.6 Å². The number of nitrogens with one attached hydrogen (secondary N) is 1. The van der Waals surface area contributed by atoms with E-state index in [0.717, 1.165) is 0 Å². The fourth-order valence-electron chi connectivity index (χ4n) is 2.30. The van der Waals surface area contributed by atoms with Gasteiger partial charge in [-0.05, 0) is 50.4 Å². The van der Waals surface area contributed by atoms with Crippen molar-refractivity contribution in [3.63, 3.8) is 0 Å². The Kier molecular flexibility index (Phi) is 3.68. The Hall–Kier alpha value is -2.60. The maximum absolute atomic E-state index is 13.2. The third-order valence-corrected chi connectivity index (χ3v) is 3.57. The molecule has 0 fully saturated rings. The fraction of sp³-hybridized carbons (Fsp3) is 0.188. The molecule has 1 atom stereocenters. The first-order chi connectivity index (χ1) is 10.6. The second-order valence-corrected chi connectivity index (χ2v) is 4.97. The highest BCUT2D eigenvalue weighted by Crippen LogP contribution is 2.17. The predicted octanol–water partition coefficient (Wildman–Crippen LogP) is 2.20. The van der Waals surface area contributed by atoms with Crippen LogP contribution in [-0.4, -0.2) is 21.6 Å². The van der Waals surface area contributed by atoms with E-state index in [1.165, 1.54) is 16.7 Å². The Labute approximate surface area is 126 Å². The van der Waals surface area contributed by atoms with E-state index in [0.29, 0.717) is 22.5 Å². The van der Waals surface area contributed by atoms with E-state index in [9.17, 15) is 9.18 Å². The maximum atomic E-state index is 13.2. The number of nitrogens with zero attached hydrogens (tertiary/aromatic N) is 3. The second kappa shape index (κ2) is 5.65. The zero-order valence-corrected chi connectivity index (χ0v) is 12.2. The van der Waals surface area contributed by atoms with Crippen molar-refractivity contribution >= 4 is 11.0 Å². The molecule has 0 radical (unpaired) electrons. The van der Waals surface area contributed by atoms with Crippen LogP contribution in [0.5, 0.6) is 0 Å². The van der Waals surface area contributed by atoms with Crippen molar-refractivity contribution < 1.29 is 4.39 Å². The van der Waals surface area contributed by atoms with Crippen molar-refractivity contribution in [2.24, 2.45) is 0 Å². The number of benzene rings is 1. The number of rotatable bonds is 3. The van der Waals surface area contributed by atoms with Crippen molar-refractivity contribution in [1.82, 2.24) is 19.9 Å². The third-order valence-electron chi connectivity index (χ3n) is 3.57. The van der Waals surface area contributed by atoms with Gasteiger partial charge in [-0.2, -0.15) is 0 Å². The largest absolute Gasteiger partial charge is 0.311 e. The van der Waals surface area contributed by atoms with Gasteiger partial charge in [-0.25, -0.2) is 14.4 Å². The first-order valence-electron chi connectivity index (χ1n) is 6.92. The lowest BCUT2D eigenvalue weighted by molar-refractivity contribution is 0.587. The molecule has 1 aromatic carbocycles. The Balaban J connectivity index is 2.37. The average Bonchev–Trinajstić information content (AvgIpc) is 2.55. The summed E-state index contributed by atoms with van der Waals surface area (Å²) in [6.07, 6.45) is 1.60. The summed E-state index contributed by atoms with van der Waals surface area (Å²) in [6, 6.07) is 8.99. The van der Waals surface area contributed by atoms with E-state index in [-0.39, 0.29) is 17.4 Å². The van der Waals surface area contributed by atoms with Crippen molar-refractivity contribution in [1.29, 1.82) is 0 Å². The molecule has 0 saturated carbocycles. The topological polar surface area (TPSA) is 59.8 Å². The summed E-state index contributed by atoms with van der Waals surface area (Å²) < 4.78 is 14.6. The molecule has 22 heavy (non-hydrogen) atoms. The van der Waals surface area contributed by atoms with E-state index in [4.69, 9.17) is 0 Å². The number of hydrogen-bond acceptors (Lipinski definition) is 4. The zero-order chi connectivity index (χ0) is 15.7. The minimum atomic E-state index is -0.351. The molecular weight excluding hydrogens is 283 g/mol. The first-order valence-corrected chi connectivity index (χ1v) is 6.92. The number of hydrogen-bond donors (Lipinski definition) is 1.